The minimum absolute atomic E-state index is 0.000487. The molecule has 0 aromatic heterocycles. The number of hydrogen-bond acceptors (Lipinski definition) is 5. The lowest BCUT2D eigenvalue weighted by atomic mass is 10.2. The van der Waals surface area contributed by atoms with Crippen LogP contribution in [-0.4, -0.2) is 63.9 Å². The van der Waals surface area contributed by atoms with E-state index in [0.29, 0.717) is 11.5 Å². The number of carbonyl (C=O) groups excluding carboxylic acids is 1. The Kier molecular flexibility index (Phi) is 7.48. The van der Waals surface area contributed by atoms with Crippen LogP contribution in [0.4, 0.5) is 0 Å². The monoisotopic (exact) mass is 484 g/mol. The summed E-state index contributed by atoms with van der Waals surface area (Å²) < 4.78 is 37.6. The number of halogens is 2. The second-order valence-corrected chi connectivity index (χ2v) is 9.42. The van der Waals surface area contributed by atoms with Gasteiger partial charge in [0.05, 0.1) is 24.3 Å². The van der Waals surface area contributed by atoms with Gasteiger partial charge in [0.2, 0.25) is 15.9 Å². The highest BCUT2D eigenvalue weighted by Gasteiger charge is 2.31. The van der Waals surface area contributed by atoms with E-state index in [4.69, 9.17) is 32.7 Å². The van der Waals surface area contributed by atoms with Crippen LogP contribution >= 0.6 is 23.2 Å². The molecule has 0 aliphatic carbocycles. The van der Waals surface area contributed by atoms with Crippen LogP contribution in [0.1, 0.15) is 5.56 Å². The molecule has 3 rings (SSSR count). The quantitative estimate of drug-likeness (QED) is 0.585. The van der Waals surface area contributed by atoms with Gasteiger partial charge in [0.1, 0.15) is 4.90 Å². The van der Waals surface area contributed by atoms with Crippen molar-refractivity contribution in [2.75, 3.05) is 40.4 Å². The summed E-state index contributed by atoms with van der Waals surface area (Å²) in [6.45, 7) is 0.876. The predicted molar refractivity (Wildman–Crippen MR) is 120 cm³/mol. The fourth-order valence-corrected chi connectivity index (χ4v) is 5.36. The molecule has 1 aliphatic heterocycles. The number of hydrogen-bond donors (Lipinski definition) is 0. The highest BCUT2D eigenvalue weighted by atomic mass is 35.5. The fourth-order valence-electron chi connectivity index (χ4n) is 3.20. The third kappa shape index (κ3) is 5.15. The molecule has 0 unspecified atom stereocenters. The second-order valence-electron chi connectivity index (χ2n) is 6.73. The average molecular weight is 485 g/mol. The summed E-state index contributed by atoms with van der Waals surface area (Å²) in [6, 6.07) is 9.83. The van der Waals surface area contributed by atoms with E-state index in [2.05, 4.69) is 0 Å². The molecular formula is C21H22Cl2N2O5S. The number of nitrogens with zero attached hydrogens (tertiary/aromatic N) is 2. The van der Waals surface area contributed by atoms with Crippen LogP contribution in [0.2, 0.25) is 10.0 Å². The van der Waals surface area contributed by atoms with Crippen LogP contribution in [0, 0.1) is 0 Å². The van der Waals surface area contributed by atoms with Gasteiger partial charge >= 0.3 is 0 Å². The van der Waals surface area contributed by atoms with Gasteiger partial charge in [-0.25, -0.2) is 8.42 Å². The molecule has 0 radical (unpaired) electrons. The molecule has 0 saturated carbocycles. The third-order valence-electron chi connectivity index (χ3n) is 4.91. The maximum atomic E-state index is 12.9. The smallest absolute Gasteiger partial charge is 0.246 e. The molecule has 1 fully saturated rings. The van der Waals surface area contributed by atoms with Gasteiger partial charge < -0.3 is 14.4 Å². The van der Waals surface area contributed by atoms with Crippen LogP contribution in [0.25, 0.3) is 6.08 Å². The Morgan fingerprint density at radius 3 is 2.32 bits per heavy atom. The minimum atomic E-state index is -3.80. The lowest BCUT2D eigenvalue weighted by molar-refractivity contribution is -0.127. The first-order chi connectivity index (χ1) is 14.8. The molecular weight excluding hydrogens is 463 g/mol. The summed E-state index contributed by atoms with van der Waals surface area (Å²) in [7, 11) is -0.704. The number of ether oxygens (including phenoxy) is 2. The summed E-state index contributed by atoms with van der Waals surface area (Å²) in [6.07, 6.45) is 3.14. The Hall–Kier alpha value is -2.26. The van der Waals surface area contributed by atoms with Crippen LogP contribution in [0.3, 0.4) is 0 Å². The molecule has 1 heterocycles. The first-order valence-corrected chi connectivity index (χ1v) is 11.6. The molecule has 10 heteroatoms. The second kappa shape index (κ2) is 9.91. The van der Waals surface area contributed by atoms with E-state index in [1.807, 2.05) is 6.07 Å². The number of rotatable bonds is 6. The number of amides is 1. The van der Waals surface area contributed by atoms with E-state index >= 15 is 0 Å². The minimum Gasteiger partial charge on any atom is -0.493 e. The van der Waals surface area contributed by atoms with Crippen molar-refractivity contribution in [1.82, 2.24) is 9.21 Å². The van der Waals surface area contributed by atoms with E-state index < -0.39 is 10.0 Å². The average Bonchev–Trinajstić information content (AvgIpc) is 2.78. The van der Waals surface area contributed by atoms with Crippen LogP contribution in [-0.2, 0) is 14.8 Å². The molecule has 1 amide bonds. The molecule has 2 aromatic rings. The van der Waals surface area contributed by atoms with Crippen molar-refractivity contribution in [3.8, 4) is 11.5 Å². The predicted octanol–water partition coefficient (Wildman–Crippen LogP) is 3.56. The molecule has 31 heavy (non-hydrogen) atoms. The Morgan fingerprint density at radius 2 is 1.68 bits per heavy atom. The van der Waals surface area contributed by atoms with Crippen LogP contribution in [0.5, 0.6) is 11.5 Å². The normalized spacial score (nSPS) is 15.3. The van der Waals surface area contributed by atoms with Crippen LogP contribution in [0.15, 0.2) is 47.4 Å². The summed E-state index contributed by atoms with van der Waals surface area (Å²) in [4.78, 5) is 14.1. The van der Waals surface area contributed by atoms with E-state index in [-0.39, 0.29) is 47.0 Å². The van der Waals surface area contributed by atoms with Gasteiger partial charge in [-0.3, -0.25) is 4.79 Å². The van der Waals surface area contributed by atoms with Gasteiger partial charge in [-0.1, -0.05) is 35.3 Å². The highest BCUT2D eigenvalue weighted by Crippen LogP contribution is 2.31. The van der Waals surface area contributed by atoms with Crippen molar-refractivity contribution in [2.24, 2.45) is 0 Å². The Balaban J connectivity index is 1.65. The van der Waals surface area contributed by atoms with Crippen molar-refractivity contribution < 1.29 is 22.7 Å². The Labute approximate surface area is 191 Å². The van der Waals surface area contributed by atoms with Crippen molar-refractivity contribution in [2.45, 2.75) is 4.90 Å². The van der Waals surface area contributed by atoms with Gasteiger partial charge in [-0.2, -0.15) is 4.31 Å². The zero-order chi connectivity index (χ0) is 22.6. The van der Waals surface area contributed by atoms with E-state index in [1.165, 1.54) is 22.5 Å². The molecule has 166 valence electrons. The molecule has 0 spiro atoms. The third-order valence-corrected chi connectivity index (χ3v) is 7.78. The van der Waals surface area contributed by atoms with Crippen molar-refractivity contribution in [3.63, 3.8) is 0 Å². The van der Waals surface area contributed by atoms with Crippen LogP contribution < -0.4 is 9.47 Å². The number of carbonyl (C=O) groups is 1. The number of sulfonamides is 1. The lowest BCUT2D eigenvalue weighted by Crippen LogP contribution is -2.50. The van der Waals surface area contributed by atoms with Gasteiger partial charge in [0, 0.05) is 32.3 Å². The highest BCUT2D eigenvalue weighted by molar-refractivity contribution is 7.89. The largest absolute Gasteiger partial charge is 0.493 e. The Bertz CT molecular complexity index is 1100. The van der Waals surface area contributed by atoms with Crippen molar-refractivity contribution in [1.29, 1.82) is 0 Å². The summed E-state index contributed by atoms with van der Waals surface area (Å²) in [5, 5.41) is 0.178. The van der Waals surface area contributed by atoms with Gasteiger partial charge in [0.15, 0.2) is 11.5 Å². The fraction of sp³-hybridized carbons (Fsp3) is 0.286. The van der Waals surface area contributed by atoms with Gasteiger partial charge in [-0.15, -0.1) is 0 Å². The number of methoxy groups -OCH3 is 2. The zero-order valence-electron chi connectivity index (χ0n) is 17.0. The Morgan fingerprint density at radius 1 is 1.00 bits per heavy atom. The first kappa shape index (κ1) is 23.4. The summed E-state index contributed by atoms with van der Waals surface area (Å²) in [5.74, 6) is 0.964. The number of benzene rings is 2. The molecule has 2 aromatic carbocycles. The van der Waals surface area contributed by atoms with Gasteiger partial charge in [-0.05, 0) is 35.9 Å². The maximum absolute atomic E-state index is 12.9. The number of piperazine rings is 1. The SMILES string of the molecule is COc1ccc(/C=C/C(=O)N2CCN(S(=O)(=O)c3cccc(Cl)c3Cl)CC2)cc1OC. The van der Waals surface area contributed by atoms with E-state index in [9.17, 15) is 13.2 Å². The van der Waals surface area contributed by atoms with Crippen molar-refractivity contribution in [3.05, 3.63) is 58.1 Å². The maximum Gasteiger partial charge on any atom is 0.246 e. The zero-order valence-corrected chi connectivity index (χ0v) is 19.4. The lowest BCUT2D eigenvalue weighted by Gasteiger charge is -2.33. The molecule has 7 nitrogen and oxygen atoms in total. The van der Waals surface area contributed by atoms with Crippen molar-refractivity contribution >= 4 is 45.2 Å². The summed E-state index contributed by atoms with van der Waals surface area (Å²) >= 11 is 12.0. The molecule has 1 aliphatic rings. The molecule has 0 N–H and O–H groups in total. The standard InChI is InChI=1S/C21H22Cl2N2O5S/c1-29-17-8-6-15(14-18(17)30-2)7-9-20(26)24-10-12-25(13-11-24)31(27,28)19-5-3-4-16(22)21(19)23/h3-9,14H,10-13H2,1-2H3/b9-7+. The topological polar surface area (TPSA) is 76.2 Å². The summed E-state index contributed by atoms with van der Waals surface area (Å²) in [5.41, 5.74) is 0.780. The van der Waals surface area contributed by atoms with E-state index in [0.717, 1.165) is 5.56 Å². The van der Waals surface area contributed by atoms with E-state index in [1.54, 1.807) is 43.4 Å². The molecule has 1 saturated heterocycles. The molecule has 0 bridgehead atoms. The first-order valence-electron chi connectivity index (χ1n) is 9.41. The molecule has 0 atom stereocenters. The van der Waals surface area contributed by atoms with Gasteiger partial charge in [0.25, 0.3) is 0 Å².